The number of rotatable bonds is 0. The number of hydrogen-bond donors (Lipinski definition) is 0. The predicted octanol–water partition coefficient (Wildman–Crippen LogP) is 2.32. The van der Waals surface area contributed by atoms with E-state index in [4.69, 9.17) is 4.42 Å². The van der Waals surface area contributed by atoms with Crippen LogP contribution in [0.25, 0.3) is 33.4 Å². The lowest BCUT2D eigenvalue weighted by molar-refractivity contribution is 0.641. The third-order valence-corrected chi connectivity index (χ3v) is 2.65. The maximum atomic E-state index is 5.55. The highest BCUT2D eigenvalue weighted by molar-refractivity contribution is 6.01. The lowest BCUT2D eigenvalue weighted by Gasteiger charge is -1.93. The van der Waals surface area contributed by atoms with Gasteiger partial charge in [0.15, 0.2) is 0 Å². The monoisotopic (exact) mass is 222 g/mol. The molecular weight excluding hydrogens is 216 g/mol. The standard InChI is InChI=1S/C12H6N4O/c1-2-7-10-12(17-11(7)14-4-1)16-9-6-13-5-3-8(9)15-10/h1-6H. The van der Waals surface area contributed by atoms with Crippen molar-refractivity contribution in [2.45, 2.75) is 0 Å². The zero-order valence-electron chi connectivity index (χ0n) is 8.66. The molecule has 0 amide bonds. The normalized spacial score (nSPS) is 11.5. The molecule has 0 saturated heterocycles. The van der Waals surface area contributed by atoms with E-state index >= 15 is 0 Å². The van der Waals surface area contributed by atoms with E-state index in [2.05, 4.69) is 19.9 Å². The lowest BCUT2D eigenvalue weighted by atomic mass is 10.3. The maximum Gasteiger partial charge on any atom is 0.248 e. The van der Waals surface area contributed by atoms with Gasteiger partial charge in [-0.2, -0.15) is 0 Å². The summed E-state index contributed by atoms with van der Waals surface area (Å²) in [5.41, 5.74) is 3.33. The van der Waals surface area contributed by atoms with E-state index < -0.39 is 0 Å². The molecule has 80 valence electrons. The zero-order valence-corrected chi connectivity index (χ0v) is 8.66. The molecule has 0 aliphatic rings. The summed E-state index contributed by atoms with van der Waals surface area (Å²) < 4.78 is 5.55. The summed E-state index contributed by atoms with van der Waals surface area (Å²) in [5.74, 6) is 0. The van der Waals surface area contributed by atoms with Gasteiger partial charge in [-0.25, -0.2) is 15.0 Å². The molecule has 0 aromatic carbocycles. The number of nitrogens with zero attached hydrogens (tertiary/aromatic N) is 4. The van der Waals surface area contributed by atoms with Gasteiger partial charge in [0.25, 0.3) is 0 Å². The van der Waals surface area contributed by atoms with Crippen LogP contribution in [0.15, 0.2) is 41.2 Å². The third kappa shape index (κ3) is 1.13. The Morgan fingerprint density at radius 3 is 2.94 bits per heavy atom. The minimum atomic E-state index is 0.499. The molecule has 0 N–H and O–H groups in total. The van der Waals surface area contributed by atoms with Crippen molar-refractivity contribution in [1.29, 1.82) is 0 Å². The van der Waals surface area contributed by atoms with E-state index in [1.54, 1.807) is 18.6 Å². The Labute approximate surface area is 95.1 Å². The Morgan fingerprint density at radius 1 is 0.941 bits per heavy atom. The molecular formula is C12H6N4O. The SMILES string of the molecule is c1cnc2oc3nc4cnccc4nc3c2c1. The fourth-order valence-electron chi connectivity index (χ4n) is 1.88. The first-order valence-electron chi connectivity index (χ1n) is 5.17. The molecule has 4 rings (SSSR count). The fourth-order valence-corrected chi connectivity index (χ4v) is 1.88. The van der Waals surface area contributed by atoms with Gasteiger partial charge < -0.3 is 4.42 Å². The molecule has 0 atom stereocenters. The van der Waals surface area contributed by atoms with Gasteiger partial charge in [-0.1, -0.05) is 0 Å². The quantitative estimate of drug-likeness (QED) is 0.456. The Morgan fingerprint density at radius 2 is 1.94 bits per heavy atom. The van der Waals surface area contributed by atoms with Crippen LogP contribution in [0.4, 0.5) is 0 Å². The van der Waals surface area contributed by atoms with Crippen molar-refractivity contribution in [3.8, 4) is 0 Å². The molecule has 5 heteroatoms. The number of aromatic nitrogens is 4. The number of hydrogen-bond acceptors (Lipinski definition) is 5. The Bertz CT molecular complexity index is 847. The highest BCUT2D eigenvalue weighted by atomic mass is 16.3. The number of furan rings is 1. The minimum absolute atomic E-state index is 0.499. The molecule has 0 unspecified atom stereocenters. The summed E-state index contributed by atoms with van der Waals surface area (Å²) in [6.45, 7) is 0. The summed E-state index contributed by atoms with van der Waals surface area (Å²) in [4.78, 5) is 17.1. The summed E-state index contributed by atoms with van der Waals surface area (Å²) in [7, 11) is 0. The van der Waals surface area contributed by atoms with Gasteiger partial charge >= 0.3 is 0 Å². The van der Waals surface area contributed by atoms with Crippen molar-refractivity contribution < 1.29 is 4.42 Å². The molecule has 4 aromatic rings. The molecule has 0 radical (unpaired) electrons. The van der Waals surface area contributed by atoms with Gasteiger partial charge in [-0.15, -0.1) is 0 Å². The van der Waals surface area contributed by atoms with Crippen LogP contribution in [-0.4, -0.2) is 19.9 Å². The van der Waals surface area contributed by atoms with Crippen molar-refractivity contribution in [1.82, 2.24) is 19.9 Å². The lowest BCUT2D eigenvalue weighted by Crippen LogP contribution is -1.85. The first-order chi connectivity index (χ1) is 8.42. The van der Waals surface area contributed by atoms with E-state index in [0.29, 0.717) is 11.4 Å². The van der Waals surface area contributed by atoms with Gasteiger partial charge in [0.2, 0.25) is 11.4 Å². The van der Waals surface area contributed by atoms with Crippen LogP contribution in [0.1, 0.15) is 0 Å². The second kappa shape index (κ2) is 2.98. The van der Waals surface area contributed by atoms with Crippen molar-refractivity contribution in [2.75, 3.05) is 0 Å². The van der Waals surface area contributed by atoms with Crippen molar-refractivity contribution >= 4 is 33.4 Å². The number of pyridine rings is 2. The second-order valence-electron chi connectivity index (χ2n) is 3.70. The summed E-state index contributed by atoms with van der Waals surface area (Å²) in [6.07, 6.45) is 5.05. The molecule has 4 aromatic heterocycles. The van der Waals surface area contributed by atoms with E-state index in [1.807, 2.05) is 18.2 Å². The number of fused-ring (bicyclic) bond motifs is 4. The van der Waals surface area contributed by atoms with Crippen LogP contribution in [0.2, 0.25) is 0 Å². The molecule has 0 fully saturated rings. The van der Waals surface area contributed by atoms with Gasteiger partial charge in [0, 0.05) is 12.4 Å². The highest BCUT2D eigenvalue weighted by Gasteiger charge is 2.11. The van der Waals surface area contributed by atoms with Crippen LogP contribution < -0.4 is 0 Å². The van der Waals surface area contributed by atoms with E-state index in [1.165, 1.54) is 0 Å². The second-order valence-corrected chi connectivity index (χ2v) is 3.70. The van der Waals surface area contributed by atoms with Crippen LogP contribution in [-0.2, 0) is 0 Å². The van der Waals surface area contributed by atoms with Gasteiger partial charge in [0.1, 0.15) is 11.0 Å². The van der Waals surface area contributed by atoms with E-state index in [0.717, 1.165) is 21.9 Å². The van der Waals surface area contributed by atoms with Crippen molar-refractivity contribution in [2.24, 2.45) is 0 Å². The molecule has 0 spiro atoms. The molecule has 0 bridgehead atoms. The molecule has 5 nitrogen and oxygen atoms in total. The van der Waals surface area contributed by atoms with Gasteiger partial charge in [0.05, 0.1) is 17.1 Å². The smallest absolute Gasteiger partial charge is 0.248 e. The topological polar surface area (TPSA) is 64.7 Å². The Hall–Kier alpha value is -2.56. The van der Waals surface area contributed by atoms with Crippen molar-refractivity contribution in [3.05, 3.63) is 36.8 Å². The minimum Gasteiger partial charge on any atom is -0.418 e. The van der Waals surface area contributed by atoms with E-state index in [9.17, 15) is 0 Å². The highest BCUT2D eigenvalue weighted by Crippen LogP contribution is 2.25. The summed E-state index contributed by atoms with van der Waals surface area (Å²) >= 11 is 0. The average Bonchev–Trinajstić information content (AvgIpc) is 2.73. The summed E-state index contributed by atoms with van der Waals surface area (Å²) in [6, 6.07) is 5.61. The third-order valence-electron chi connectivity index (χ3n) is 2.65. The van der Waals surface area contributed by atoms with Crippen LogP contribution in [0.3, 0.4) is 0 Å². The largest absolute Gasteiger partial charge is 0.418 e. The van der Waals surface area contributed by atoms with Crippen molar-refractivity contribution in [3.63, 3.8) is 0 Å². The predicted molar refractivity (Wildman–Crippen MR) is 62.4 cm³/mol. The molecule has 0 aliphatic carbocycles. The Balaban J connectivity index is 2.28. The van der Waals surface area contributed by atoms with E-state index in [-0.39, 0.29) is 0 Å². The maximum absolute atomic E-state index is 5.55. The molecule has 0 saturated carbocycles. The first-order valence-corrected chi connectivity index (χ1v) is 5.17. The summed E-state index contributed by atoms with van der Waals surface area (Å²) in [5, 5.41) is 0.883. The molecule has 0 aliphatic heterocycles. The van der Waals surface area contributed by atoms with Crippen LogP contribution in [0.5, 0.6) is 0 Å². The molecule has 4 heterocycles. The van der Waals surface area contributed by atoms with Gasteiger partial charge in [-0.3, -0.25) is 4.98 Å². The fraction of sp³-hybridized carbons (Fsp3) is 0. The Kier molecular flexibility index (Phi) is 1.50. The van der Waals surface area contributed by atoms with Crippen LogP contribution >= 0.6 is 0 Å². The van der Waals surface area contributed by atoms with Crippen LogP contribution in [0, 0.1) is 0 Å². The molecule has 17 heavy (non-hydrogen) atoms. The average molecular weight is 222 g/mol. The first kappa shape index (κ1) is 8.58. The zero-order chi connectivity index (χ0) is 11.2. The van der Waals surface area contributed by atoms with Gasteiger partial charge in [-0.05, 0) is 18.2 Å².